The standard InChI is InChI=1S/C11H10BrN/c1-7-3-4-9-6-11(12)13-8(2)10(9)5-7/h3-6H,1-2H3. The van der Waals surface area contributed by atoms with Crippen LogP contribution in [0, 0.1) is 13.8 Å². The van der Waals surface area contributed by atoms with Crippen molar-refractivity contribution < 1.29 is 0 Å². The predicted octanol–water partition coefficient (Wildman–Crippen LogP) is 3.61. The van der Waals surface area contributed by atoms with Crippen molar-refractivity contribution in [2.75, 3.05) is 0 Å². The molecule has 2 aromatic rings. The minimum absolute atomic E-state index is 0.904. The molecule has 2 rings (SSSR count). The SMILES string of the molecule is Cc1ccc2cc(Br)nc(C)c2c1. The van der Waals surface area contributed by atoms with Crippen molar-refractivity contribution in [1.82, 2.24) is 4.98 Å². The second kappa shape index (κ2) is 3.11. The smallest absolute Gasteiger partial charge is 0.107 e. The molecule has 1 aromatic carbocycles. The van der Waals surface area contributed by atoms with Crippen LogP contribution in [0.4, 0.5) is 0 Å². The van der Waals surface area contributed by atoms with E-state index in [0.29, 0.717) is 0 Å². The molecule has 0 amide bonds. The van der Waals surface area contributed by atoms with E-state index in [1.165, 1.54) is 16.3 Å². The van der Waals surface area contributed by atoms with E-state index in [2.05, 4.69) is 46.0 Å². The summed E-state index contributed by atoms with van der Waals surface area (Å²) in [5.74, 6) is 0. The number of rotatable bonds is 0. The maximum Gasteiger partial charge on any atom is 0.107 e. The number of aromatic nitrogens is 1. The van der Waals surface area contributed by atoms with Crippen molar-refractivity contribution in [2.24, 2.45) is 0 Å². The minimum Gasteiger partial charge on any atom is -0.246 e. The zero-order valence-electron chi connectivity index (χ0n) is 7.63. The number of aryl methyl sites for hydroxylation is 2. The average Bonchev–Trinajstić information content (AvgIpc) is 2.06. The zero-order valence-corrected chi connectivity index (χ0v) is 9.22. The third kappa shape index (κ3) is 1.59. The van der Waals surface area contributed by atoms with Crippen molar-refractivity contribution in [3.05, 3.63) is 40.1 Å². The Labute approximate surface area is 85.9 Å². The highest BCUT2D eigenvalue weighted by Gasteiger charge is 2.00. The molecule has 0 saturated heterocycles. The van der Waals surface area contributed by atoms with E-state index in [1.54, 1.807) is 0 Å². The van der Waals surface area contributed by atoms with Crippen LogP contribution >= 0.6 is 15.9 Å². The van der Waals surface area contributed by atoms with Gasteiger partial charge in [-0.25, -0.2) is 4.98 Å². The molecule has 0 bridgehead atoms. The molecule has 1 heterocycles. The van der Waals surface area contributed by atoms with Gasteiger partial charge < -0.3 is 0 Å². The van der Waals surface area contributed by atoms with Crippen molar-refractivity contribution in [2.45, 2.75) is 13.8 Å². The molecule has 0 N–H and O–H groups in total. The van der Waals surface area contributed by atoms with Crippen molar-refractivity contribution in [1.29, 1.82) is 0 Å². The van der Waals surface area contributed by atoms with Crippen LogP contribution in [0.3, 0.4) is 0 Å². The molecule has 0 aliphatic heterocycles. The van der Waals surface area contributed by atoms with Crippen LogP contribution in [0.1, 0.15) is 11.3 Å². The summed E-state index contributed by atoms with van der Waals surface area (Å²) in [4.78, 5) is 4.36. The Hall–Kier alpha value is -0.890. The highest BCUT2D eigenvalue weighted by Crippen LogP contribution is 2.21. The molecule has 1 aromatic heterocycles. The summed E-state index contributed by atoms with van der Waals surface area (Å²) < 4.78 is 0.904. The molecular formula is C11H10BrN. The van der Waals surface area contributed by atoms with Gasteiger partial charge in [0.2, 0.25) is 0 Å². The van der Waals surface area contributed by atoms with E-state index < -0.39 is 0 Å². The van der Waals surface area contributed by atoms with Gasteiger partial charge in [0.05, 0.1) is 0 Å². The van der Waals surface area contributed by atoms with E-state index in [-0.39, 0.29) is 0 Å². The molecule has 1 nitrogen and oxygen atoms in total. The molecule has 0 spiro atoms. The van der Waals surface area contributed by atoms with Crippen LogP contribution in [0.2, 0.25) is 0 Å². The quantitative estimate of drug-likeness (QED) is 0.636. The third-order valence-electron chi connectivity index (χ3n) is 2.15. The maximum absolute atomic E-state index is 4.36. The zero-order chi connectivity index (χ0) is 9.42. The highest BCUT2D eigenvalue weighted by atomic mass is 79.9. The van der Waals surface area contributed by atoms with Gasteiger partial charge in [-0.05, 0) is 47.3 Å². The summed E-state index contributed by atoms with van der Waals surface area (Å²) >= 11 is 3.39. The Kier molecular flexibility index (Phi) is 2.08. The van der Waals surface area contributed by atoms with Gasteiger partial charge in [-0.3, -0.25) is 0 Å². The van der Waals surface area contributed by atoms with E-state index in [4.69, 9.17) is 0 Å². The minimum atomic E-state index is 0.904. The molecular weight excluding hydrogens is 226 g/mol. The second-order valence-electron chi connectivity index (χ2n) is 3.25. The number of hydrogen-bond acceptors (Lipinski definition) is 1. The van der Waals surface area contributed by atoms with E-state index in [0.717, 1.165) is 10.3 Å². The molecule has 66 valence electrons. The second-order valence-corrected chi connectivity index (χ2v) is 4.07. The van der Waals surface area contributed by atoms with Crippen LogP contribution in [0.5, 0.6) is 0 Å². The monoisotopic (exact) mass is 235 g/mol. The molecule has 2 heteroatoms. The van der Waals surface area contributed by atoms with Crippen molar-refractivity contribution in [3.8, 4) is 0 Å². The van der Waals surface area contributed by atoms with Gasteiger partial charge in [0, 0.05) is 11.1 Å². The Morgan fingerprint density at radius 3 is 2.69 bits per heavy atom. The summed E-state index contributed by atoms with van der Waals surface area (Å²) in [5.41, 5.74) is 2.35. The molecule has 0 radical (unpaired) electrons. The maximum atomic E-state index is 4.36. The number of benzene rings is 1. The number of fused-ring (bicyclic) bond motifs is 1. The Morgan fingerprint density at radius 1 is 1.15 bits per heavy atom. The highest BCUT2D eigenvalue weighted by molar-refractivity contribution is 9.10. The van der Waals surface area contributed by atoms with Crippen LogP contribution < -0.4 is 0 Å². The summed E-state index contributed by atoms with van der Waals surface area (Å²) in [6.07, 6.45) is 0. The van der Waals surface area contributed by atoms with E-state index >= 15 is 0 Å². The number of pyridine rings is 1. The fourth-order valence-corrected chi connectivity index (χ4v) is 2.00. The lowest BCUT2D eigenvalue weighted by molar-refractivity contribution is 1.20. The Balaban J connectivity index is 2.87. The molecule has 0 aliphatic carbocycles. The molecule has 0 unspecified atom stereocenters. The van der Waals surface area contributed by atoms with Crippen molar-refractivity contribution in [3.63, 3.8) is 0 Å². The summed E-state index contributed by atoms with van der Waals surface area (Å²) in [7, 11) is 0. The fourth-order valence-electron chi connectivity index (χ4n) is 1.49. The van der Waals surface area contributed by atoms with Crippen LogP contribution in [-0.2, 0) is 0 Å². The average molecular weight is 236 g/mol. The molecule has 0 fully saturated rings. The largest absolute Gasteiger partial charge is 0.246 e. The number of halogens is 1. The lowest BCUT2D eigenvalue weighted by atomic mass is 10.1. The normalized spacial score (nSPS) is 10.7. The Bertz CT molecular complexity index is 463. The first kappa shape index (κ1) is 8.70. The molecule has 0 saturated carbocycles. The summed E-state index contributed by atoms with van der Waals surface area (Å²) in [6.45, 7) is 4.13. The van der Waals surface area contributed by atoms with Crippen molar-refractivity contribution >= 4 is 26.7 Å². The third-order valence-corrected chi connectivity index (χ3v) is 2.55. The molecule has 13 heavy (non-hydrogen) atoms. The van der Waals surface area contributed by atoms with Gasteiger partial charge in [0.15, 0.2) is 0 Å². The first-order valence-electron chi connectivity index (χ1n) is 4.20. The van der Waals surface area contributed by atoms with Crippen LogP contribution in [0.25, 0.3) is 10.8 Å². The number of nitrogens with zero attached hydrogens (tertiary/aromatic N) is 1. The van der Waals surface area contributed by atoms with Crippen LogP contribution in [-0.4, -0.2) is 4.98 Å². The van der Waals surface area contributed by atoms with Gasteiger partial charge in [-0.2, -0.15) is 0 Å². The lowest BCUT2D eigenvalue weighted by Gasteiger charge is -2.03. The summed E-state index contributed by atoms with van der Waals surface area (Å²) in [6, 6.07) is 8.46. The van der Waals surface area contributed by atoms with Gasteiger partial charge in [0.1, 0.15) is 4.60 Å². The van der Waals surface area contributed by atoms with Gasteiger partial charge in [-0.1, -0.05) is 17.7 Å². The first-order valence-corrected chi connectivity index (χ1v) is 4.99. The van der Waals surface area contributed by atoms with Gasteiger partial charge in [-0.15, -0.1) is 0 Å². The lowest BCUT2D eigenvalue weighted by Crippen LogP contribution is -1.85. The van der Waals surface area contributed by atoms with Gasteiger partial charge in [0.25, 0.3) is 0 Å². The summed E-state index contributed by atoms with van der Waals surface area (Å²) in [5, 5.41) is 2.48. The molecule has 0 aliphatic rings. The fraction of sp³-hybridized carbons (Fsp3) is 0.182. The Morgan fingerprint density at radius 2 is 1.92 bits per heavy atom. The van der Waals surface area contributed by atoms with E-state index in [9.17, 15) is 0 Å². The van der Waals surface area contributed by atoms with E-state index in [1.807, 2.05) is 13.0 Å². The first-order chi connectivity index (χ1) is 6.16. The molecule has 0 atom stereocenters. The topological polar surface area (TPSA) is 12.9 Å². The number of hydrogen-bond donors (Lipinski definition) is 0. The predicted molar refractivity (Wildman–Crippen MR) is 58.9 cm³/mol. The van der Waals surface area contributed by atoms with Gasteiger partial charge >= 0.3 is 0 Å². The van der Waals surface area contributed by atoms with Crippen LogP contribution in [0.15, 0.2) is 28.9 Å².